The largest absolute Gasteiger partial charge is 0.396 e. The SMILES string of the molecule is CC[C@@H](C)CCCCCO. The standard InChI is InChI=1S/C9H20O/c1-3-9(2)7-5-4-6-8-10/h9-10H,3-8H2,1-2H3/t9-/m1/s1. The van der Waals surface area contributed by atoms with Gasteiger partial charge in [0.2, 0.25) is 0 Å². The lowest BCUT2D eigenvalue weighted by Crippen LogP contribution is -1.92. The summed E-state index contributed by atoms with van der Waals surface area (Å²) in [5.74, 6) is 0.874. The molecule has 0 aromatic carbocycles. The van der Waals surface area contributed by atoms with Crippen LogP contribution in [0.4, 0.5) is 0 Å². The predicted molar refractivity (Wildman–Crippen MR) is 45.0 cm³/mol. The summed E-state index contributed by atoms with van der Waals surface area (Å²) < 4.78 is 0. The van der Waals surface area contributed by atoms with Crippen LogP contribution in [0.2, 0.25) is 0 Å². The van der Waals surface area contributed by atoms with Gasteiger partial charge in [0.1, 0.15) is 0 Å². The van der Waals surface area contributed by atoms with Crippen molar-refractivity contribution < 1.29 is 5.11 Å². The highest BCUT2D eigenvalue weighted by atomic mass is 16.2. The second kappa shape index (κ2) is 7.07. The first-order valence-corrected chi connectivity index (χ1v) is 4.42. The molecule has 0 aromatic rings. The Morgan fingerprint density at radius 2 is 1.90 bits per heavy atom. The molecule has 0 bridgehead atoms. The summed E-state index contributed by atoms with van der Waals surface area (Å²) in [6, 6.07) is 0. The van der Waals surface area contributed by atoms with Crippen LogP contribution in [0.15, 0.2) is 0 Å². The molecule has 1 nitrogen and oxygen atoms in total. The highest BCUT2D eigenvalue weighted by Crippen LogP contribution is 2.11. The molecular formula is C9H20O. The topological polar surface area (TPSA) is 20.2 Å². The number of hydrogen-bond donors (Lipinski definition) is 1. The lowest BCUT2D eigenvalue weighted by atomic mass is 10.0. The zero-order valence-electron chi connectivity index (χ0n) is 7.27. The van der Waals surface area contributed by atoms with E-state index in [1.807, 2.05) is 0 Å². The van der Waals surface area contributed by atoms with Crippen LogP contribution < -0.4 is 0 Å². The zero-order valence-corrected chi connectivity index (χ0v) is 7.27. The fraction of sp³-hybridized carbons (Fsp3) is 1.00. The number of unbranched alkanes of at least 4 members (excludes halogenated alkanes) is 2. The minimum Gasteiger partial charge on any atom is -0.396 e. The number of rotatable bonds is 6. The fourth-order valence-electron chi connectivity index (χ4n) is 0.986. The maximum Gasteiger partial charge on any atom is 0.0431 e. The Morgan fingerprint density at radius 1 is 1.20 bits per heavy atom. The van der Waals surface area contributed by atoms with E-state index in [9.17, 15) is 0 Å². The lowest BCUT2D eigenvalue weighted by molar-refractivity contribution is 0.280. The van der Waals surface area contributed by atoms with Crippen LogP contribution in [0.3, 0.4) is 0 Å². The first-order valence-electron chi connectivity index (χ1n) is 4.42. The predicted octanol–water partition coefficient (Wildman–Crippen LogP) is 2.59. The van der Waals surface area contributed by atoms with Gasteiger partial charge >= 0.3 is 0 Å². The van der Waals surface area contributed by atoms with Crippen LogP contribution in [0, 0.1) is 5.92 Å². The molecule has 1 atom stereocenters. The van der Waals surface area contributed by atoms with E-state index in [1.54, 1.807) is 0 Å². The van der Waals surface area contributed by atoms with Gasteiger partial charge in [0.05, 0.1) is 0 Å². The maximum atomic E-state index is 8.49. The monoisotopic (exact) mass is 144 g/mol. The van der Waals surface area contributed by atoms with Gasteiger partial charge in [0.15, 0.2) is 0 Å². The highest BCUT2D eigenvalue weighted by Gasteiger charge is 1.96. The lowest BCUT2D eigenvalue weighted by Gasteiger charge is -2.06. The minimum atomic E-state index is 0.362. The Bertz CT molecular complexity index is 61.7. The molecule has 0 spiro atoms. The number of hydrogen-bond acceptors (Lipinski definition) is 1. The van der Waals surface area contributed by atoms with E-state index >= 15 is 0 Å². The fourth-order valence-corrected chi connectivity index (χ4v) is 0.986. The third kappa shape index (κ3) is 6.09. The average Bonchev–Trinajstić information content (AvgIpc) is 1.98. The Balaban J connectivity index is 2.89. The summed E-state index contributed by atoms with van der Waals surface area (Å²) in [4.78, 5) is 0. The molecule has 62 valence electrons. The van der Waals surface area contributed by atoms with Gasteiger partial charge in [-0.05, 0) is 12.3 Å². The van der Waals surface area contributed by atoms with Crippen molar-refractivity contribution in [1.82, 2.24) is 0 Å². The molecule has 0 unspecified atom stereocenters. The molecule has 0 radical (unpaired) electrons. The Kier molecular flexibility index (Phi) is 7.04. The molecule has 10 heavy (non-hydrogen) atoms. The van der Waals surface area contributed by atoms with Crippen LogP contribution >= 0.6 is 0 Å². The van der Waals surface area contributed by atoms with Crippen molar-refractivity contribution in [2.45, 2.75) is 46.0 Å². The van der Waals surface area contributed by atoms with Crippen molar-refractivity contribution in [3.8, 4) is 0 Å². The molecule has 0 saturated carbocycles. The van der Waals surface area contributed by atoms with Crippen LogP contribution in [-0.4, -0.2) is 11.7 Å². The van der Waals surface area contributed by atoms with Crippen molar-refractivity contribution in [1.29, 1.82) is 0 Å². The molecule has 0 saturated heterocycles. The van der Waals surface area contributed by atoms with Gasteiger partial charge in [-0.3, -0.25) is 0 Å². The van der Waals surface area contributed by atoms with Crippen LogP contribution in [-0.2, 0) is 0 Å². The quantitative estimate of drug-likeness (QED) is 0.568. The molecule has 0 amide bonds. The molecule has 0 aliphatic rings. The van der Waals surface area contributed by atoms with Gasteiger partial charge in [0.25, 0.3) is 0 Å². The summed E-state index contributed by atoms with van der Waals surface area (Å²) >= 11 is 0. The molecule has 1 heteroatoms. The number of aliphatic hydroxyl groups excluding tert-OH is 1. The minimum absolute atomic E-state index is 0.362. The summed E-state index contributed by atoms with van der Waals surface area (Å²) in [6.45, 7) is 4.89. The zero-order chi connectivity index (χ0) is 7.82. The number of aliphatic hydroxyl groups is 1. The van der Waals surface area contributed by atoms with E-state index in [1.165, 1.54) is 25.7 Å². The summed E-state index contributed by atoms with van der Waals surface area (Å²) in [6.07, 6.45) is 6.09. The van der Waals surface area contributed by atoms with Crippen molar-refractivity contribution >= 4 is 0 Å². The molecule has 1 N–H and O–H groups in total. The van der Waals surface area contributed by atoms with Crippen LogP contribution in [0.25, 0.3) is 0 Å². The van der Waals surface area contributed by atoms with Crippen molar-refractivity contribution in [2.24, 2.45) is 5.92 Å². The molecule has 0 heterocycles. The second-order valence-electron chi connectivity index (χ2n) is 3.09. The van der Waals surface area contributed by atoms with Gasteiger partial charge < -0.3 is 5.11 Å². The van der Waals surface area contributed by atoms with Crippen molar-refractivity contribution in [3.63, 3.8) is 0 Å². The second-order valence-corrected chi connectivity index (χ2v) is 3.09. The summed E-state index contributed by atoms with van der Waals surface area (Å²) in [7, 11) is 0. The van der Waals surface area contributed by atoms with Crippen molar-refractivity contribution in [3.05, 3.63) is 0 Å². The van der Waals surface area contributed by atoms with E-state index in [2.05, 4.69) is 13.8 Å². The highest BCUT2D eigenvalue weighted by molar-refractivity contribution is 4.50. The average molecular weight is 144 g/mol. The van der Waals surface area contributed by atoms with E-state index in [0.717, 1.165) is 12.3 Å². The van der Waals surface area contributed by atoms with Gasteiger partial charge in [-0.2, -0.15) is 0 Å². The van der Waals surface area contributed by atoms with E-state index < -0.39 is 0 Å². The van der Waals surface area contributed by atoms with Crippen LogP contribution in [0.5, 0.6) is 0 Å². The van der Waals surface area contributed by atoms with Gasteiger partial charge in [-0.25, -0.2) is 0 Å². The van der Waals surface area contributed by atoms with Gasteiger partial charge in [-0.1, -0.05) is 39.5 Å². The first-order chi connectivity index (χ1) is 4.81. The Morgan fingerprint density at radius 3 is 2.40 bits per heavy atom. The normalized spacial score (nSPS) is 13.5. The van der Waals surface area contributed by atoms with E-state index in [4.69, 9.17) is 5.11 Å². The smallest absolute Gasteiger partial charge is 0.0431 e. The third-order valence-electron chi connectivity index (χ3n) is 2.05. The van der Waals surface area contributed by atoms with E-state index in [-0.39, 0.29) is 0 Å². The Labute approximate surface area is 64.5 Å². The third-order valence-corrected chi connectivity index (χ3v) is 2.05. The van der Waals surface area contributed by atoms with E-state index in [0.29, 0.717) is 6.61 Å². The molecule has 0 aliphatic heterocycles. The summed E-state index contributed by atoms with van der Waals surface area (Å²) in [5, 5.41) is 8.49. The van der Waals surface area contributed by atoms with Crippen molar-refractivity contribution in [2.75, 3.05) is 6.61 Å². The van der Waals surface area contributed by atoms with Gasteiger partial charge in [-0.15, -0.1) is 0 Å². The molecule has 0 fully saturated rings. The summed E-state index contributed by atoms with van der Waals surface area (Å²) in [5.41, 5.74) is 0. The molecule has 0 aromatic heterocycles. The first kappa shape index (κ1) is 9.96. The van der Waals surface area contributed by atoms with Gasteiger partial charge in [0, 0.05) is 6.61 Å². The maximum absolute atomic E-state index is 8.49. The van der Waals surface area contributed by atoms with Crippen LogP contribution in [0.1, 0.15) is 46.0 Å². The molecule has 0 rings (SSSR count). The Hall–Kier alpha value is -0.0400. The molecule has 0 aliphatic carbocycles. The molecular weight excluding hydrogens is 124 g/mol.